The molecule has 0 spiro atoms. The summed E-state index contributed by atoms with van der Waals surface area (Å²) in [6.45, 7) is 1.94. The van der Waals surface area contributed by atoms with E-state index in [1.165, 1.54) is 23.9 Å². The molecule has 0 saturated carbocycles. The molecule has 0 aliphatic rings. The summed E-state index contributed by atoms with van der Waals surface area (Å²) < 4.78 is 0. The summed E-state index contributed by atoms with van der Waals surface area (Å²) in [5.41, 5.74) is 2.22. The van der Waals surface area contributed by atoms with Crippen LogP contribution in [0.5, 0.6) is 0 Å². The highest BCUT2D eigenvalue weighted by molar-refractivity contribution is 7.98. The number of rotatable bonds is 5. The van der Waals surface area contributed by atoms with E-state index in [1.807, 2.05) is 30.7 Å². The highest BCUT2D eigenvalue weighted by atomic mass is 32.2. The van der Waals surface area contributed by atoms with E-state index in [2.05, 4.69) is 10.3 Å². The summed E-state index contributed by atoms with van der Waals surface area (Å²) in [5.74, 6) is -0.509. The van der Waals surface area contributed by atoms with Crippen LogP contribution in [0, 0.1) is 17.0 Å². The molecule has 0 radical (unpaired) electrons. The van der Waals surface area contributed by atoms with Gasteiger partial charge in [0.1, 0.15) is 5.56 Å². The Morgan fingerprint density at radius 3 is 2.54 bits per heavy atom. The first-order valence-electron chi connectivity index (χ1n) is 7.64. The lowest BCUT2D eigenvalue weighted by atomic mass is 10.1. The molecule has 6 nitrogen and oxygen atoms in total. The van der Waals surface area contributed by atoms with E-state index in [-0.39, 0.29) is 11.3 Å². The van der Waals surface area contributed by atoms with Crippen molar-refractivity contribution in [2.24, 2.45) is 0 Å². The monoisotopic (exact) mass is 385 g/mol. The summed E-state index contributed by atoms with van der Waals surface area (Å²) in [6, 6.07) is 11.7. The molecule has 0 aliphatic carbocycles. The Kier molecular flexibility index (Phi) is 5.34. The number of carbonyl (C=O) groups is 1. The van der Waals surface area contributed by atoms with Gasteiger partial charge in [-0.15, -0.1) is 23.1 Å². The lowest BCUT2D eigenvalue weighted by molar-refractivity contribution is -0.385. The van der Waals surface area contributed by atoms with Gasteiger partial charge in [0.15, 0.2) is 0 Å². The van der Waals surface area contributed by atoms with Gasteiger partial charge in [0.25, 0.3) is 11.6 Å². The number of nitrogens with one attached hydrogen (secondary N) is 1. The Labute approximate surface area is 158 Å². The van der Waals surface area contributed by atoms with Crippen molar-refractivity contribution < 1.29 is 9.72 Å². The van der Waals surface area contributed by atoms with Crippen LogP contribution in [0.2, 0.25) is 0 Å². The maximum Gasteiger partial charge on any atom is 0.282 e. The van der Waals surface area contributed by atoms with Crippen molar-refractivity contribution in [3.05, 3.63) is 68.5 Å². The molecule has 3 aromatic rings. The number of thiazole rings is 1. The van der Waals surface area contributed by atoms with Crippen molar-refractivity contribution in [2.45, 2.75) is 11.8 Å². The first-order valence-corrected chi connectivity index (χ1v) is 9.74. The molecule has 0 saturated heterocycles. The third-order valence-corrected chi connectivity index (χ3v) is 5.20. The molecule has 26 heavy (non-hydrogen) atoms. The van der Waals surface area contributed by atoms with Crippen molar-refractivity contribution in [1.82, 2.24) is 4.98 Å². The van der Waals surface area contributed by atoms with E-state index in [0.29, 0.717) is 5.69 Å². The molecule has 1 aromatic heterocycles. The Balaban J connectivity index is 1.83. The van der Waals surface area contributed by atoms with E-state index < -0.39 is 10.8 Å². The SMILES string of the molecule is CSc1ccc([N+](=O)[O-])c(C(=O)Nc2ccc(-c3csc(C)n3)cc2)c1. The fraction of sp³-hybridized carbons (Fsp3) is 0.111. The molecule has 1 amide bonds. The quantitative estimate of drug-likeness (QED) is 0.379. The van der Waals surface area contributed by atoms with Gasteiger partial charge >= 0.3 is 0 Å². The number of carbonyl (C=O) groups excluding carboxylic acids is 1. The maximum atomic E-state index is 12.5. The van der Waals surface area contributed by atoms with E-state index in [0.717, 1.165) is 21.2 Å². The number of nitro benzene ring substituents is 1. The summed E-state index contributed by atoms with van der Waals surface area (Å²) in [5, 5.41) is 16.9. The highest BCUT2D eigenvalue weighted by Gasteiger charge is 2.20. The summed E-state index contributed by atoms with van der Waals surface area (Å²) in [7, 11) is 0. The first kappa shape index (κ1) is 18.1. The first-order chi connectivity index (χ1) is 12.5. The minimum atomic E-state index is -0.549. The second-order valence-electron chi connectivity index (χ2n) is 5.42. The number of benzene rings is 2. The molecule has 1 heterocycles. The Morgan fingerprint density at radius 2 is 1.96 bits per heavy atom. The molecule has 3 rings (SSSR count). The van der Waals surface area contributed by atoms with Crippen LogP contribution in [-0.2, 0) is 0 Å². The van der Waals surface area contributed by atoms with Gasteiger partial charge in [0.05, 0.1) is 15.6 Å². The number of aryl methyl sites for hydroxylation is 1. The van der Waals surface area contributed by atoms with Crippen molar-refractivity contribution in [3.63, 3.8) is 0 Å². The molecule has 0 aliphatic heterocycles. The summed E-state index contributed by atoms with van der Waals surface area (Å²) >= 11 is 2.99. The number of anilines is 1. The van der Waals surface area contributed by atoms with Gasteiger partial charge in [-0.2, -0.15) is 0 Å². The van der Waals surface area contributed by atoms with Crippen molar-refractivity contribution in [2.75, 3.05) is 11.6 Å². The molecule has 0 unspecified atom stereocenters. The Hall–Kier alpha value is -2.71. The normalized spacial score (nSPS) is 10.5. The minimum absolute atomic E-state index is 0.0426. The maximum absolute atomic E-state index is 12.5. The second-order valence-corrected chi connectivity index (χ2v) is 7.37. The molecule has 0 bridgehead atoms. The third kappa shape index (κ3) is 3.92. The number of nitro groups is 1. The second kappa shape index (κ2) is 7.67. The van der Waals surface area contributed by atoms with Crippen LogP contribution in [0.3, 0.4) is 0 Å². The van der Waals surface area contributed by atoms with Crippen molar-refractivity contribution in [3.8, 4) is 11.3 Å². The number of nitrogens with zero attached hydrogens (tertiary/aromatic N) is 2. The molecule has 8 heteroatoms. The topological polar surface area (TPSA) is 85.1 Å². The Bertz CT molecular complexity index is 968. The molecule has 1 N–H and O–H groups in total. The van der Waals surface area contributed by atoms with Gasteiger partial charge in [-0.1, -0.05) is 12.1 Å². The number of hydrogen-bond acceptors (Lipinski definition) is 6. The average molecular weight is 385 g/mol. The molecule has 2 aromatic carbocycles. The van der Waals surface area contributed by atoms with Crippen LogP contribution in [0.4, 0.5) is 11.4 Å². The number of aromatic nitrogens is 1. The largest absolute Gasteiger partial charge is 0.322 e. The predicted octanol–water partition coefficient (Wildman–Crippen LogP) is 5.00. The van der Waals surface area contributed by atoms with E-state index in [9.17, 15) is 14.9 Å². The smallest absolute Gasteiger partial charge is 0.282 e. The number of thioether (sulfide) groups is 1. The molecular weight excluding hydrogens is 370 g/mol. The van der Waals surface area contributed by atoms with Gasteiger partial charge in [-0.25, -0.2) is 4.98 Å². The van der Waals surface area contributed by atoms with E-state index in [4.69, 9.17) is 0 Å². The van der Waals surface area contributed by atoms with Crippen LogP contribution in [0.25, 0.3) is 11.3 Å². The van der Waals surface area contributed by atoms with Gasteiger partial charge in [-0.05, 0) is 37.4 Å². The van der Waals surface area contributed by atoms with Gasteiger partial charge in [0, 0.05) is 27.6 Å². The van der Waals surface area contributed by atoms with Gasteiger partial charge in [0.2, 0.25) is 0 Å². The summed E-state index contributed by atoms with van der Waals surface area (Å²) in [6.07, 6.45) is 1.85. The zero-order valence-electron chi connectivity index (χ0n) is 14.1. The predicted molar refractivity (Wildman–Crippen MR) is 105 cm³/mol. The lowest BCUT2D eigenvalue weighted by Crippen LogP contribution is -2.14. The third-order valence-electron chi connectivity index (χ3n) is 3.70. The molecule has 0 fully saturated rings. The fourth-order valence-electron chi connectivity index (χ4n) is 2.40. The molecular formula is C18H15N3O3S2. The van der Waals surface area contributed by atoms with E-state index >= 15 is 0 Å². The van der Waals surface area contributed by atoms with Crippen LogP contribution < -0.4 is 5.32 Å². The average Bonchev–Trinajstić information content (AvgIpc) is 3.08. The Morgan fingerprint density at radius 1 is 1.23 bits per heavy atom. The molecule has 0 atom stereocenters. The van der Waals surface area contributed by atoms with Gasteiger partial charge < -0.3 is 5.32 Å². The zero-order chi connectivity index (χ0) is 18.7. The standard InChI is InChI=1S/C18H15N3O3S2/c1-11-19-16(10-26-11)12-3-5-13(6-4-12)20-18(22)15-9-14(25-2)7-8-17(15)21(23)24/h3-10H,1-2H3,(H,20,22). The van der Waals surface area contributed by atoms with Crippen molar-refractivity contribution >= 4 is 40.4 Å². The van der Waals surface area contributed by atoms with E-state index in [1.54, 1.807) is 29.5 Å². The number of amides is 1. The highest BCUT2D eigenvalue weighted by Crippen LogP contribution is 2.27. The summed E-state index contributed by atoms with van der Waals surface area (Å²) in [4.78, 5) is 28.4. The molecule has 132 valence electrons. The lowest BCUT2D eigenvalue weighted by Gasteiger charge is -2.08. The van der Waals surface area contributed by atoms with Crippen LogP contribution >= 0.6 is 23.1 Å². The minimum Gasteiger partial charge on any atom is -0.322 e. The fourth-order valence-corrected chi connectivity index (χ4v) is 3.46. The number of hydrogen-bond donors (Lipinski definition) is 1. The van der Waals surface area contributed by atoms with Crippen LogP contribution in [-0.4, -0.2) is 22.1 Å². The van der Waals surface area contributed by atoms with Crippen LogP contribution in [0.15, 0.2) is 52.7 Å². The zero-order valence-corrected chi connectivity index (χ0v) is 15.7. The van der Waals surface area contributed by atoms with Crippen LogP contribution in [0.1, 0.15) is 15.4 Å². The van der Waals surface area contributed by atoms with Crippen molar-refractivity contribution in [1.29, 1.82) is 0 Å². The van der Waals surface area contributed by atoms with Gasteiger partial charge in [-0.3, -0.25) is 14.9 Å².